The number of fused-ring (bicyclic) bond motifs is 3. The number of esters is 1. The third-order valence-electron chi connectivity index (χ3n) is 7.23. The molecule has 3 atom stereocenters. The van der Waals surface area contributed by atoms with Crippen LogP contribution in [0.15, 0.2) is 28.7 Å². The molecule has 0 spiro atoms. The molecule has 2 bridgehead atoms. The number of oxazole rings is 1. The quantitative estimate of drug-likeness (QED) is 0.698. The summed E-state index contributed by atoms with van der Waals surface area (Å²) in [7, 11) is 0. The van der Waals surface area contributed by atoms with E-state index in [1.807, 2.05) is 24.3 Å². The second-order valence-electron chi connectivity index (χ2n) is 9.18. The summed E-state index contributed by atoms with van der Waals surface area (Å²) in [4.78, 5) is 43.6. The molecular weight excluding hydrogens is 396 g/mol. The lowest BCUT2D eigenvalue weighted by Gasteiger charge is -2.36. The lowest BCUT2D eigenvalue weighted by atomic mass is 9.67. The van der Waals surface area contributed by atoms with Crippen molar-refractivity contribution in [1.82, 2.24) is 9.88 Å². The van der Waals surface area contributed by atoms with Gasteiger partial charge in [-0.2, -0.15) is 0 Å². The van der Waals surface area contributed by atoms with Crippen molar-refractivity contribution in [1.29, 1.82) is 0 Å². The van der Waals surface area contributed by atoms with E-state index in [1.165, 1.54) is 0 Å². The minimum absolute atomic E-state index is 0.00615. The summed E-state index contributed by atoms with van der Waals surface area (Å²) in [6.07, 6.45) is 5.55. The molecule has 3 fully saturated rings. The zero-order valence-electron chi connectivity index (χ0n) is 17.6. The minimum Gasteiger partial charge on any atom is -0.455 e. The molecular formula is C24H28N2O5. The molecule has 1 aliphatic heterocycles. The zero-order chi connectivity index (χ0) is 21.4. The predicted octanol–water partition coefficient (Wildman–Crippen LogP) is 3.47. The van der Waals surface area contributed by atoms with Crippen LogP contribution in [-0.2, 0) is 19.1 Å². The van der Waals surface area contributed by atoms with Crippen LogP contribution in [0.25, 0.3) is 11.1 Å². The number of hydrogen-bond donors (Lipinski definition) is 0. The molecule has 31 heavy (non-hydrogen) atoms. The third-order valence-corrected chi connectivity index (χ3v) is 7.23. The number of carbonyl (C=O) groups is 3. The van der Waals surface area contributed by atoms with Crippen LogP contribution in [0.4, 0.5) is 0 Å². The Labute approximate surface area is 181 Å². The first-order valence-corrected chi connectivity index (χ1v) is 11.4. The maximum absolute atomic E-state index is 12.6. The topological polar surface area (TPSA) is 89.7 Å². The Balaban J connectivity index is 1.10. The van der Waals surface area contributed by atoms with Crippen molar-refractivity contribution < 1.29 is 23.5 Å². The number of nitrogens with zero attached hydrogens (tertiary/aromatic N) is 2. The molecule has 1 saturated heterocycles. The highest BCUT2D eigenvalue weighted by molar-refractivity contribution is 5.88. The fourth-order valence-corrected chi connectivity index (χ4v) is 5.45. The van der Waals surface area contributed by atoms with Crippen molar-refractivity contribution in [2.45, 2.75) is 50.9 Å². The number of rotatable bonds is 4. The molecule has 7 nitrogen and oxygen atoms in total. The van der Waals surface area contributed by atoms with Crippen LogP contribution in [0.5, 0.6) is 0 Å². The summed E-state index contributed by atoms with van der Waals surface area (Å²) in [5.74, 6) is 0.544. The van der Waals surface area contributed by atoms with E-state index >= 15 is 0 Å². The summed E-state index contributed by atoms with van der Waals surface area (Å²) in [6.45, 7) is 0.982. The van der Waals surface area contributed by atoms with Crippen LogP contribution in [-0.4, -0.2) is 47.2 Å². The summed E-state index contributed by atoms with van der Waals surface area (Å²) < 4.78 is 11.3. The van der Waals surface area contributed by atoms with Gasteiger partial charge in [-0.05, 0) is 50.7 Å². The second-order valence-corrected chi connectivity index (χ2v) is 9.18. The smallest absolute Gasteiger partial charge is 0.309 e. The van der Waals surface area contributed by atoms with Gasteiger partial charge in [-0.3, -0.25) is 14.4 Å². The highest BCUT2D eigenvalue weighted by Crippen LogP contribution is 2.40. The number of benzene rings is 1. The second kappa shape index (κ2) is 8.44. The largest absolute Gasteiger partial charge is 0.455 e. The van der Waals surface area contributed by atoms with E-state index < -0.39 is 0 Å². The number of carbonyl (C=O) groups excluding carboxylic acids is 3. The normalized spacial score (nSPS) is 26.8. The van der Waals surface area contributed by atoms with Gasteiger partial charge < -0.3 is 14.1 Å². The van der Waals surface area contributed by atoms with Gasteiger partial charge in [0.05, 0.1) is 5.92 Å². The molecule has 1 aromatic heterocycles. The number of piperidine rings is 1. The molecule has 164 valence electrons. The van der Waals surface area contributed by atoms with Crippen molar-refractivity contribution in [2.24, 2.45) is 17.8 Å². The van der Waals surface area contributed by atoms with Crippen molar-refractivity contribution >= 4 is 28.8 Å². The van der Waals surface area contributed by atoms with Gasteiger partial charge in [0.25, 0.3) is 5.91 Å². The molecule has 3 aliphatic rings. The summed E-state index contributed by atoms with van der Waals surface area (Å²) >= 11 is 0. The first-order chi connectivity index (χ1) is 15.1. The standard InChI is InChI=1S/C24H28N2O5/c27-21(14-30-24(29)18-12-16-4-3-5-17(13-18)22(16)28)26-10-8-15(9-11-26)23-25-19-6-1-2-7-20(19)31-23/h1-2,6-7,15-18H,3-5,8-14H2/t16-,17+,18?. The van der Waals surface area contributed by atoms with E-state index in [9.17, 15) is 14.4 Å². The van der Waals surface area contributed by atoms with Gasteiger partial charge in [-0.25, -0.2) is 4.98 Å². The van der Waals surface area contributed by atoms with Crippen molar-refractivity contribution in [3.63, 3.8) is 0 Å². The molecule has 0 radical (unpaired) electrons. The SMILES string of the molecule is O=C(OCC(=O)N1CCC(c2nc3ccccc3o2)CC1)C1C[C@H]2CCC[C@@H](C1)C2=O. The fraction of sp³-hybridized carbons (Fsp3) is 0.583. The summed E-state index contributed by atoms with van der Waals surface area (Å²) in [5.41, 5.74) is 1.65. The number of likely N-dealkylation sites (tertiary alicyclic amines) is 1. The number of aromatic nitrogens is 1. The van der Waals surface area contributed by atoms with Gasteiger partial charge in [-0.1, -0.05) is 18.6 Å². The lowest BCUT2D eigenvalue weighted by Crippen LogP contribution is -2.42. The number of Topliss-reactive ketones (excluding diaryl/α,β-unsaturated/α-hetero) is 1. The number of para-hydroxylation sites is 2. The number of amides is 1. The van der Waals surface area contributed by atoms with Gasteiger partial charge in [0.15, 0.2) is 18.1 Å². The number of ether oxygens (including phenoxy) is 1. The van der Waals surface area contributed by atoms with E-state index in [2.05, 4.69) is 4.98 Å². The zero-order valence-corrected chi connectivity index (χ0v) is 17.6. The predicted molar refractivity (Wildman–Crippen MR) is 112 cm³/mol. The Kier molecular flexibility index (Phi) is 5.50. The van der Waals surface area contributed by atoms with Crippen molar-refractivity contribution in [3.8, 4) is 0 Å². The average molecular weight is 424 g/mol. The molecule has 2 saturated carbocycles. The van der Waals surface area contributed by atoms with E-state index in [1.54, 1.807) is 4.90 Å². The van der Waals surface area contributed by atoms with Crippen LogP contribution < -0.4 is 0 Å². The minimum atomic E-state index is -0.320. The first kappa shape index (κ1) is 20.2. The number of ketones is 1. The summed E-state index contributed by atoms with van der Waals surface area (Å²) in [5, 5.41) is 0. The first-order valence-electron chi connectivity index (χ1n) is 11.4. The average Bonchev–Trinajstić information content (AvgIpc) is 3.21. The molecule has 2 heterocycles. The van der Waals surface area contributed by atoms with E-state index in [0.29, 0.717) is 31.7 Å². The Morgan fingerprint density at radius 3 is 2.45 bits per heavy atom. The lowest BCUT2D eigenvalue weighted by molar-refractivity contribution is -0.159. The molecule has 1 amide bonds. The van der Waals surface area contributed by atoms with Crippen LogP contribution in [0, 0.1) is 17.8 Å². The van der Waals surface area contributed by atoms with Gasteiger partial charge in [-0.15, -0.1) is 0 Å². The van der Waals surface area contributed by atoms with E-state index in [4.69, 9.17) is 9.15 Å². The van der Waals surface area contributed by atoms with Gasteiger partial charge in [0, 0.05) is 30.8 Å². The third kappa shape index (κ3) is 4.10. The molecule has 5 rings (SSSR count). The summed E-state index contributed by atoms with van der Waals surface area (Å²) in [6, 6.07) is 7.71. The van der Waals surface area contributed by atoms with Crippen LogP contribution >= 0.6 is 0 Å². The van der Waals surface area contributed by atoms with Crippen molar-refractivity contribution in [2.75, 3.05) is 19.7 Å². The molecule has 0 N–H and O–H groups in total. The van der Waals surface area contributed by atoms with Crippen molar-refractivity contribution in [3.05, 3.63) is 30.2 Å². The molecule has 7 heteroatoms. The Morgan fingerprint density at radius 1 is 1.03 bits per heavy atom. The van der Waals surface area contributed by atoms with Crippen LogP contribution in [0.1, 0.15) is 56.8 Å². The maximum Gasteiger partial charge on any atom is 0.309 e. The highest BCUT2D eigenvalue weighted by Gasteiger charge is 2.42. The van der Waals surface area contributed by atoms with Crippen LogP contribution in [0.3, 0.4) is 0 Å². The van der Waals surface area contributed by atoms with Gasteiger partial charge >= 0.3 is 5.97 Å². The van der Waals surface area contributed by atoms with E-state index in [0.717, 1.165) is 49.1 Å². The fourth-order valence-electron chi connectivity index (χ4n) is 5.45. The molecule has 2 aliphatic carbocycles. The monoisotopic (exact) mass is 424 g/mol. The molecule has 1 unspecified atom stereocenters. The Hall–Kier alpha value is -2.70. The number of hydrogen-bond acceptors (Lipinski definition) is 6. The maximum atomic E-state index is 12.6. The molecule has 1 aromatic carbocycles. The highest BCUT2D eigenvalue weighted by atomic mass is 16.5. The Morgan fingerprint density at radius 2 is 1.74 bits per heavy atom. The van der Waals surface area contributed by atoms with E-state index in [-0.39, 0.29) is 42.2 Å². The molecule has 2 aromatic rings. The Bertz CT molecular complexity index is 942. The van der Waals surface area contributed by atoms with Crippen LogP contribution in [0.2, 0.25) is 0 Å². The van der Waals surface area contributed by atoms with Gasteiger partial charge in [0.2, 0.25) is 0 Å². The van der Waals surface area contributed by atoms with Gasteiger partial charge in [0.1, 0.15) is 11.3 Å².